The molecule has 3 aromatic rings. The average Bonchev–Trinajstić information content (AvgIpc) is 2.46. The zero-order chi connectivity index (χ0) is 14.8. The number of hydrogen-bond donors (Lipinski definition) is 1. The van der Waals surface area contributed by atoms with Crippen molar-refractivity contribution in [2.24, 2.45) is 0 Å². The van der Waals surface area contributed by atoms with E-state index in [9.17, 15) is 5.11 Å². The minimum atomic E-state index is -0.488. The van der Waals surface area contributed by atoms with Crippen LogP contribution in [-0.4, -0.2) is 10.1 Å². The second-order valence-electron chi connectivity index (χ2n) is 5.61. The lowest BCUT2D eigenvalue weighted by Gasteiger charge is -2.12. The summed E-state index contributed by atoms with van der Waals surface area (Å²) in [5, 5.41) is 11.5. The van der Waals surface area contributed by atoms with Gasteiger partial charge in [-0.1, -0.05) is 42.0 Å². The van der Waals surface area contributed by atoms with Gasteiger partial charge >= 0.3 is 0 Å². The summed E-state index contributed by atoms with van der Waals surface area (Å²) in [4.78, 5) is 4.49. The van der Waals surface area contributed by atoms with Crippen LogP contribution in [0.3, 0.4) is 0 Å². The van der Waals surface area contributed by atoms with Gasteiger partial charge in [-0.15, -0.1) is 0 Å². The van der Waals surface area contributed by atoms with Gasteiger partial charge in [-0.25, -0.2) is 0 Å². The van der Waals surface area contributed by atoms with Crippen LogP contribution in [0.2, 0.25) is 0 Å². The predicted molar refractivity (Wildman–Crippen MR) is 86.3 cm³/mol. The number of aliphatic hydroxyl groups excluding tert-OH is 1. The van der Waals surface area contributed by atoms with Gasteiger partial charge in [0.1, 0.15) is 0 Å². The summed E-state index contributed by atoms with van der Waals surface area (Å²) >= 11 is 0. The Labute approximate surface area is 125 Å². The first-order valence-corrected chi connectivity index (χ1v) is 7.23. The second kappa shape index (κ2) is 5.66. The lowest BCUT2D eigenvalue weighted by Crippen LogP contribution is -2.02. The van der Waals surface area contributed by atoms with Gasteiger partial charge in [0.15, 0.2) is 0 Å². The van der Waals surface area contributed by atoms with Crippen LogP contribution in [0.4, 0.5) is 0 Å². The zero-order valence-electron chi connectivity index (χ0n) is 12.4. The predicted octanol–water partition coefficient (Wildman–Crippen LogP) is 4.13. The highest BCUT2D eigenvalue weighted by Gasteiger charge is 2.10. The number of aryl methyl sites for hydroxylation is 2. The number of aromatic nitrogens is 1. The molecule has 0 amide bonds. The number of nitrogens with zero attached hydrogens (tertiary/aromatic N) is 1. The number of fused-ring (bicyclic) bond motifs is 1. The van der Waals surface area contributed by atoms with Crippen molar-refractivity contribution in [2.45, 2.75) is 26.4 Å². The Bertz CT molecular complexity index is 779. The summed E-state index contributed by atoms with van der Waals surface area (Å²) in [6.07, 6.45) is 0.143. The van der Waals surface area contributed by atoms with E-state index in [0.29, 0.717) is 6.42 Å². The third-order valence-electron chi connectivity index (χ3n) is 3.75. The molecule has 21 heavy (non-hydrogen) atoms. The monoisotopic (exact) mass is 277 g/mol. The molecule has 1 atom stereocenters. The summed E-state index contributed by atoms with van der Waals surface area (Å²) in [5.74, 6) is 0. The fraction of sp³-hybridized carbons (Fsp3) is 0.211. The Morgan fingerprint density at radius 2 is 1.86 bits per heavy atom. The fourth-order valence-electron chi connectivity index (χ4n) is 2.63. The van der Waals surface area contributed by atoms with E-state index in [-0.39, 0.29) is 0 Å². The summed E-state index contributed by atoms with van der Waals surface area (Å²) in [5.41, 5.74) is 5.30. The molecule has 0 bridgehead atoms. The summed E-state index contributed by atoms with van der Waals surface area (Å²) in [6.45, 7) is 4.06. The molecule has 0 fully saturated rings. The standard InChI is InChI=1S/C19H19NO/c1-13-4-3-5-15(10-13)11-19(21)17-8-9-18-16(12-17)7-6-14(2)20-18/h3-10,12,19,21H,11H2,1-2H3. The molecule has 2 aromatic carbocycles. The van der Waals surface area contributed by atoms with Gasteiger partial charge in [0.25, 0.3) is 0 Å². The van der Waals surface area contributed by atoms with Crippen LogP contribution in [0.25, 0.3) is 10.9 Å². The van der Waals surface area contributed by atoms with Crippen LogP contribution in [0.1, 0.15) is 28.5 Å². The molecule has 0 radical (unpaired) electrons. The van der Waals surface area contributed by atoms with Crippen molar-refractivity contribution in [3.8, 4) is 0 Å². The maximum Gasteiger partial charge on any atom is 0.0830 e. The van der Waals surface area contributed by atoms with Crippen molar-refractivity contribution < 1.29 is 5.11 Å². The summed E-state index contributed by atoms with van der Waals surface area (Å²) < 4.78 is 0. The highest BCUT2D eigenvalue weighted by atomic mass is 16.3. The van der Waals surface area contributed by atoms with Crippen molar-refractivity contribution in [3.05, 3.63) is 77.0 Å². The van der Waals surface area contributed by atoms with Crippen LogP contribution in [0.15, 0.2) is 54.6 Å². The van der Waals surface area contributed by atoms with Crippen LogP contribution in [0, 0.1) is 13.8 Å². The molecule has 2 heteroatoms. The van der Waals surface area contributed by atoms with Crippen molar-refractivity contribution in [2.75, 3.05) is 0 Å². The average molecular weight is 277 g/mol. The van der Waals surface area contributed by atoms with E-state index in [1.54, 1.807) is 0 Å². The molecule has 106 valence electrons. The number of aliphatic hydroxyl groups is 1. The van der Waals surface area contributed by atoms with E-state index in [1.807, 2.05) is 37.3 Å². The highest BCUT2D eigenvalue weighted by molar-refractivity contribution is 5.79. The number of benzene rings is 2. The molecule has 0 saturated carbocycles. The van der Waals surface area contributed by atoms with E-state index < -0.39 is 6.10 Å². The molecule has 1 heterocycles. The quantitative estimate of drug-likeness (QED) is 0.781. The summed E-state index contributed by atoms with van der Waals surface area (Å²) in [7, 11) is 0. The lowest BCUT2D eigenvalue weighted by molar-refractivity contribution is 0.178. The number of hydrogen-bond acceptors (Lipinski definition) is 2. The minimum absolute atomic E-state index is 0.488. The number of pyridine rings is 1. The van der Waals surface area contributed by atoms with Crippen molar-refractivity contribution in [1.82, 2.24) is 4.98 Å². The maximum absolute atomic E-state index is 10.5. The number of rotatable bonds is 3. The van der Waals surface area contributed by atoms with Crippen LogP contribution >= 0.6 is 0 Å². The van der Waals surface area contributed by atoms with E-state index >= 15 is 0 Å². The molecular formula is C19H19NO. The van der Waals surface area contributed by atoms with Gasteiger partial charge in [-0.2, -0.15) is 0 Å². The molecule has 0 aliphatic carbocycles. The van der Waals surface area contributed by atoms with E-state index in [2.05, 4.69) is 36.2 Å². The SMILES string of the molecule is Cc1cccc(CC(O)c2ccc3nc(C)ccc3c2)c1. The van der Waals surface area contributed by atoms with Gasteiger partial charge in [0.05, 0.1) is 11.6 Å². The van der Waals surface area contributed by atoms with Gasteiger partial charge in [-0.05, 0) is 43.2 Å². The molecule has 1 aromatic heterocycles. The lowest BCUT2D eigenvalue weighted by atomic mass is 9.99. The first-order chi connectivity index (χ1) is 10.1. The second-order valence-corrected chi connectivity index (χ2v) is 5.61. The van der Waals surface area contributed by atoms with Crippen LogP contribution < -0.4 is 0 Å². The topological polar surface area (TPSA) is 33.1 Å². The molecule has 3 rings (SSSR count). The van der Waals surface area contributed by atoms with Gasteiger partial charge in [0.2, 0.25) is 0 Å². The van der Waals surface area contributed by atoms with E-state index in [0.717, 1.165) is 27.7 Å². The third-order valence-corrected chi connectivity index (χ3v) is 3.75. The Kier molecular flexibility index (Phi) is 3.72. The van der Waals surface area contributed by atoms with Crippen molar-refractivity contribution in [1.29, 1.82) is 0 Å². The Hall–Kier alpha value is -2.19. The molecule has 1 unspecified atom stereocenters. The largest absolute Gasteiger partial charge is 0.388 e. The first-order valence-electron chi connectivity index (χ1n) is 7.23. The van der Waals surface area contributed by atoms with E-state index in [4.69, 9.17) is 0 Å². The Morgan fingerprint density at radius 1 is 1.00 bits per heavy atom. The highest BCUT2D eigenvalue weighted by Crippen LogP contribution is 2.23. The maximum atomic E-state index is 10.5. The van der Waals surface area contributed by atoms with Gasteiger partial charge in [-0.3, -0.25) is 4.98 Å². The molecule has 0 aliphatic rings. The van der Waals surface area contributed by atoms with Gasteiger partial charge < -0.3 is 5.11 Å². The molecule has 0 spiro atoms. The van der Waals surface area contributed by atoms with Crippen LogP contribution in [0.5, 0.6) is 0 Å². The van der Waals surface area contributed by atoms with Crippen LogP contribution in [-0.2, 0) is 6.42 Å². The first kappa shape index (κ1) is 13.8. The van der Waals surface area contributed by atoms with Crippen molar-refractivity contribution in [3.63, 3.8) is 0 Å². The normalized spacial score (nSPS) is 12.5. The molecule has 0 aliphatic heterocycles. The fourth-order valence-corrected chi connectivity index (χ4v) is 2.63. The molecule has 1 N–H and O–H groups in total. The van der Waals surface area contributed by atoms with E-state index in [1.165, 1.54) is 5.56 Å². The van der Waals surface area contributed by atoms with Gasteiger partial charge in [0, 0.05) is 17.5 Å². The third kappa shape index (κ3) is 3.11. The molecular weight excluding hydrogens is 258 g/mol. The minimum Gasteiger partial charge on any atom is -0.388 e. The smallest absolute Gasteiger partial charge is 0.0830 e. The van der Waals surface area contributed by atoms with Crippen molar-refractivity contribution >= 4 is 10.9 Å². The Balaban J connectivity index is 1.87. The molecule has 2 nitrogen and oxygen atoms in total. The molecule has 0 saturated heterocycles. The zero-order valence-corrected chi connectivity index (χ0v) is 12.4. The summed E-state index contributed by atoms with van der Waals surface area (Å²) in [6, 6.07) is 18.3. The Morgan fingerprint density at radius 3 is 2.67 bits per heavy atom.